The number of rotatable bonds is 2. The minimum Gasteiger partial charge on any atom is -0.300 e. The molecule has 4 heteroatoms. The third-order valence-electron chi connectivity index (χ3n) is 1.61. The van der Waals surface area contributed by atoms with E-state index < -0.39 is 5.82 Å². The van der Waals surface area contributed by atoms with Crippen molar-refractivity contribution < 1.29 is 9.23 Å². The van der Waals surface area contributed by atoms with Gasteiger partial charge in [-0.2, -0.15) is 0 Å². The lowest BCUT2D eigenvalue weighted by Crippen LogP contribution is -2.02. The first-order valence-electron chi connectivity index (χ1n) is 3.42. The van der Waals surface area contributed by atoms with Gasteiger partial charge in [0.05, 0.1) is 11.6 Å². The summed E-state index contributed by atoms with van der Waals surface area (Å²) >= 11 is 5.80. The molecule has 66 valence electrons. The van der Waals surface area contributed by atoms with Crippen molar-refractivity contribution in [1.29, 1.82) is 0 Å². The van der Waals surface area contributed by atoms with Gasteiger partial charge in [-0.1, -0.05) is 17.7 Å². The van der Waals surface area contributed by atoms with E-state index in [9.17, 15) is 4.39 Å². The predicted molar refractivity (Wildman–Crippen MR) is 45.1 cm³/mol. The molecule has 0 atom stereocenters. The highest BCUT2D eigenvalue weighted by atomic mass is 35.5. The third kappa shape index (κ3) is 1.75. The molecule has 0 aromatic heterocycles. The topological polar surface area (TPSA) is 35.2 Å². The summed E-state index contributed by atoms with van der Waals surface area (Å²) in [6.45, 7) is 1.79. The van der Waals surface area contributed by atoms with E-state index >= 15 is 0 Å². The molecule has 0 heterocycles. The minimum absolute atomic E-state index is 0.00759. The molecule has 0 amide bonds. The van der Waals surface area contributed by atoms with Gasteiger partial charge in [0, 0.05) is 5.56 Å². The average Bonchev–Trinajstić information content (AvgIpc) is 2.06. The Morgan fingerprint density at radius 3 is 2.83 bits per heavy atom. The van der Waals surface area contributed by atoms with Crippen LogP contribution in [0.1, 0.15) is 11.1 Å². The summed E-state index contributed by atoms with van der Waals surface area (Å²) in [4.78, 5) is 4.32. The average molecular weight is 190 g/mol. The second-order valence-electron chi connectivity index (χ2n) is 2.47. The van der Waals surface area contributed by atoms with Gasteiger partial charge in [-0.25, -0.2) is 10.3 Å². The number of hydrogen-bond donors (Lipinski definition) is 1. The van der Waals surface area contributed by atoms with Crippen LogP contribution >= 0.6 is 11.6 Å². The zero-order valence-corrected chi connectivity index (χ0v) is 7.36. The molecule has 2 N–H and O–H groups in total. The number of hydrogen-bond acceptors (Lipinski definition) is 2. The Kier molecular flexibility index (Phi) is 3.03. The molecule has 0 saturated carbocycles. The van der Waals surface area contributed by atoms with Gasteiger partial charge < -0.3 is 0 Å². The Morgan fingerprint density at radius 1 is 1.58 bits per heavy atom. The summed E-state index contributed by atoms with van der Waals surface area (Å²) in [5.74, 6) is 4.43. The smallest absolute Gasteiger partial charge is 0.130 e. The van der Waals surface area contributed by atoms with Crippen molar-refractivity contribution in [3.05, 3.63) is 34.1 Å². The van der Waals surface area contributed by atoms with E-state index in [4.69, 9.17) is 17.5 Å². The van der Waals surface area contributed by atoms with Gasteiger partial charge in [0.25, 0.3) is 0 Å². The monoisotopic (exact) mass is 189 g/mol. The van der Waals surface area contributed by atoms with Gasteiger partial charge in [0.1, 0.15) is 5.82 Å². The first-order valence-corrected chi connectivity index (χ1v) is 3.79. The molecule has 0 aliphatic heterocycles. The maximum Gasteiger partial charge on any atom is 0.130 e. The molecule has 1 aromatic carbocycles. The van der Waals surface area contributed by atoms with Crippen LogP contribution in [0.4, 0.5) is 4.39 Å². The Balaban J connectivity index is 3.14. The molecule has 0 saturated heterocycles. The Hall–Kier alpha value is -0.640. The zero-order valence-electron chi connectivity index (χ0n) is 6.60. The van der Waals surface area contributed by atoms with Gasteiger partial charge in [0.15, 0.2) is 0 Å². The maximum atomic E-state index is 13.0. The van der Waals surface area contributed by atoms with Crippen LogP contribution in [0.5, 0.6) is 0 Å². The Labute approximate surface area is 75.0 Å². The largest absolute Gasteiger partial charge is 0.300 e. The van der Waals surface area contributed by atoms with Crippen LogP contribution in [-0.2, 0) is 11.4 Å². The summed E-state index contributed by atoms with van der Waals surface area (Å²) in [5, 5.41) is 0.375. The number of benzene rings is 1. The third-order valence-corrected chi connectivity index (χ3v) is 2.13. The first kappa shape index (κ1) is 9.45. The van der Waals surface area contributed by atoms with Crippen molar-refractivity contribution in [3.8, 4) is 0 Å². The number of nitrogens with two attached hydrogens (primary N) is 1. The summed E-state index contributed by atoms with van der Waals surface area (Å²) in [6, 6.07) is 2.95. The predicted octanol–water partition coefficient (Wildman–Crippen LogP) is 2.18. The van der Waals surface area contributed by atoms with Crippen molar-refractivity contribution >= 4 is 11.6 Å². The Bertz CT molecular complexity index is 291. The lowest BCUT2D eigenvalue weighted by Gasteiger charge is -2.06. The van der Waals surface area contributed by atoms with Gasteiger partial charge in [-0.05, 0) is 18.6 Å². The molecule has 0 spiro atoms. The second kappa shape index (κ2) is 3.85. The number of aryl methyl sites for hydroxylation is 1. The minimum atomic E-state index is -0.393. The fourth-order valence-corrected chi connectivity index (χ4v) is 1.14. The fraction of sp³-hybridized carbons (Fsp3) is 0.250. The molecule has 1 aromatic rings. The normalized spacial score (nSPS) is 10.3. The fourth-order valence-electron chi connectivity index (χ4n) is 0.930. The summed E-state index contributed by atoms with van der Waals surface area (Å²) in [6.07, 6.45) is 0. The lowest BCUT2D eigenvalue weighted by molar-refractivity contribution is 0.121. The molecule has 0 aliphatic rings. The molecular formula is C8H9ClFNO. The van der Waals surface area contributed by atoms with Gasteiger partial charge in [0.2, 0.25) is 0 Å². The first-order chi connectivity index (χ1) is 5.66. The van der Waals surface area contributed by atoms with Crippen LogP contribution in [0.3, 0.4) is 0 Å². The number of halogens is 2. The molecule has 0 fully saturated rings. The summed E-state index contributed by atoms with van der Waals surface area (Å²) in [5.41, 5.74) is 1.12. The van der Waals surface area contributed by atoms with Crippen molar-refractivity contribution in [2.75, 3.05) is 0 Å². The van der Waals surface area contributed by atoms with Gasteiger partial charge in [-0.15, -0.1) is 0 Å². The summed E-state index contributed by atoms with van der Waals surface area (Å²) in [7, 11) is 0. The molecule has 1 rings (SSSR count). The maximum absolute atomic E-state index is 13.0. The van der Waals surface area contributed by atoms with E-state index in [2.05, 4.69) is 4.84 Å². The zero-order chi connectivity index (χ0) is 9.14. The molecule has 12 heavy (non-hydrogen) atoms. The van der Waals surface area contributed by atoms with Crippen LogP contribution in [0.15, 0.2) is 12.1 Å². The van der Waals surface area contributed by atoms with E-state index in [0.29, 0.717) is 10.6 Å². The van der Waals surface area contributed by atoms with Crippen LogP contribution in [-0.4, -0.2) is 0 Å². The standard InChI is InChI=1S/C8H9ClFNO/c1-5-2-3-7(10)6(4-12-11)8(5)9/h2-3H,4,11H2,1H3. The molecule has 0 unspecified atom stereocenters. The summed E-state index contributed by atoms with van der Waals surface area (Å²) < 4.78 is 13.0. The lowest BCUT2D eigenvalue weighted by atomic mass is 10.1. The molecule has 0 radical (unpaired) electrons. The van der Waals surface area contributed by atoms with E-state index in [-0.39, 0.29) is 6.61 Å². The Morgan fingerprint density at radius 2 is 2.25 bits per heavy atom. The molecule has 0 bridgehead atoms. The van der Waals surface area contributed by atoms with Gasteiger partial charge >= 0.3 is 0 Å². The molecule has 0 aliphatic carbocycles. The van der Waals surface area contributed by atoms with Crippen LogP contribution < -0.4 is 5.90 Å². The highest BCUT2D eigenvalue weighted by Gasteiger charge is 2.08. The quantitative estimate of drug-likeness (QED) is 0.724. The van der Waals surface area contributed by atoms with E-state index in [1.807, 2.05) is 0 Å². The van der Waals surface area contributed by atoms with E-state index in [1.165, 1.54) is 6.07 Å². The van der Waals surface area contributed by atoms with E-state index in [0.717, 1.165) is 5.56 Å². The molecular weight excluding hydrogens is 181 g/mol. The van der Waals surface area contributed by atoms with Crippen LogP contribution in [0, 0.1) is 12.7 Å². The highest BCUT2D eigenvalue weighted by molar-refractivity contribution is 6.32. The van der Waals surface area contributed by atoms with Crippen LogP contribution in [0.2, 0.25) is 5.02 Å². The van der Waals surface area contributed by atoms with E-state index in [1.54, 1.807) is 13.0 Å². The van der Waals surface area contributed by atoms with Gasteiger partial charge in [-0.3, -0.25) is 4.84 Å². The second-order valence-corrected chi connectivity index (χ2v) is 2.85. The van der Waals surface area contributed by atoms with Crippen molar-refractivity contribution in [2.45, 2.75) is 13.5 Å². The van der Waals surface area contributed by atoms with Crippen molar-refractivity contribution in [3.63, 3.8) is 0 Å². The van der Waals surface area contributed by atoms with Crippen molar-refractivity contribution in [1.82, 2.24) is 0 Å². The molecule has 2 nitrogen and oxygen atoms in total. The highest BCUT2D eigenvalue weighted by Crippen LogP contribution is 2.23. The van der Waals surface area contributed by atoms with Crippen molar-refractivity contribution in [2.24, 2.45) is 5.90 Å². The van der Waals surface area contributed by atoms with Crippen LogP contribution in [0.25, 0.3) is 0 Å². The SMILES string of the molecule is Cc1ccc(F)c(CON)c1Cl.